The molecule has 0 saturated heterocycles. The van der Waals surface area contributed by atoms with Crippen molar-refractivity contribution in [3.63, 3.8) is 0 Å². The third-order valence-corrected chi connectivity index (χ3v) is 5.08. The largest absolute Gasteiger partial charge is 0.320 e. The van der Waals surface area contributed by atoms with Crippen LogP contribution in [0.4, 0.5) is 0 Å². The van der Waals surface area contributed by atoms with Crippen LogP contribution >= 0.6 is 15.9 Å². The second kappa shape index (κ2) is 7.00. The second-order valence-electron chi connectivity index (χ2n) is 6.33. The lowest BCUT2D eigenvalue weighted by atomic mass is 10.1. The van der Waals surface area contributed by atoms with Gasteiger partial charge < -0.3 is 4.57 Å². The topological polar surface area (TPSA) is 39.3 Å². The highest BCUT2D eigenvalue weighted by atomic mass is 79.9. The lowest BCUT2D eigenvalue weighted by molar-refractivity contribution is 0.104. The summed E-state index contributed by atoms with van der Waals surface area (Å²) in [5.74, 6) is -0.0569. The Hall–Kier alpha value is -2.92. The Morgan fingerprint density at radius 1 is 1.15 bits per heavy atom. The number of rotatable bonds is 5. The highest BCUT2D eigenvalue weighted by Gasteiger charge is 2.21. The molecule has 27 heavy (non-hydrogen) atoms. The van der Waals surface area contributed by atoms with Crippen molar-refractivity contribution in [1.82, 2.24) is 14.2 Å². The van der Waals surface area contributed by atoms with Crippen molar-refractivity contribution >= 4 is 44.5 Å². The maximum atomic E-state index is 13.0. The number of carbonyl (C=O) groups excluding carboxylic acids is 1. The summed E-state index contributed by atoms with van der Waals surface area (Å²) in [5.41, 5.74) is 5.14. The van der Waals surface area contributed by atoms with Crippen LogP contribution in [0.5, 0.6) is 0 Å². The number of para-hydroxylation sites is 2. The minimum Gasteiger partial charge on any atom is -0.320 e. The van der Waals surface area contributed by atoms with Gasteiger partial charge in [0.05, 0.1) is 22.3 Å². The van der Waals surface area contributed by atoms with E-state index in [9.17, 15) is 4.79 Å². The van der Waals surface area contributed by atoms with Gasteiger partial charge in [0.1, 0.15) is 5.65 Å². The fourth-order valence-electron chi connectivity index (χ4n) is 3.35. The van der Waals surface area contributed by atoms with E-state index in [1.165, 1.54) is 0 Å². The van der Waals surface area contributed by atoms with E-state index in [0.29, 0.717) is 12.1 Å². The molecule has 4 nitrogen and oxygen atoms in total. The fraction of sp³-hybridized carbons (Fsp3) is 0.0909. The van der Waals surface area contributed by atoms with Crippen molar-refractivity contribution < 1.29 is 4.79 Å². The predicted molar refractivity (Wildman–Crippen MR) is 113 cm³/mol. The number of hydrogen-bond donors (Lipinski definition) is 0. The minimum absolute atomic E-state index is 0.0569. The van der Waals surface area contributed by atoms with E-state index < -0.39 is 0 Å². The van der Waals surface area contributed by atoms with Crippen LogP contribution in [-0.2, 0) is 6.54 Å². The van der Waals surface area contributed by atoms with Gasteiger partial charge in [0.25, 0.3) is 0 Å². The standard InChI is InChI=1S/C22H18BrN3O/c1-3-14-25-18-6-4-5-7-19(18)26-22(25)21(15(2)24-26)20(27)13-10-16-8-11-17(23)12-9-16/h3-13H,1,14H2,2H3. The first-order valence-electron chi connectivity index (χ1n) is 8.65. The lowest BCUT2D eigenvalue weighted by Crippen LogP contribution is -2.02. The molecule has 0 spiro atoms. The van der Waals surface area contributed by atoms with E-state index in [-0.39, 0.29) is 5.78 Å². The van der Waals surface area contributed by atoms with Gasteiger partial charge >= 0.3 is 0 Å². The van der Waals surface area contributed by atoms with Gasteiger partial charge in [-0.15, -0.1) is 6.58 Å². The van der Waals surface area contributed by atoms with E-state index in [4.69, 9.17) is 0 Å². The zero-order valence-electron chi connectivity index (χ0n) is 14.9. The maximum absolute atomic E-state index is 13.0. The molecule has 2 aromatic carbocycles. The van der Waals surface area contributed by atoms with Gasteiger partial charge in [0, 0.05) is 11.0 Å². The molecule has 0 bridgehead atoms. The lowest BCUT2D eigenvalue weighted by Gasteiger charge is -2.03. The van der Waals surface area contributed by atoms with Crippen molar-refractivity contribution in [3.05, 3.63) is 88.6 Å². The summed E-state index contributed by atoms with van der Waals surface area (Å²) in [6.45, 7) is 6.35. The Morgan fingerprint density at radius 3 is 2.56 bits per heavy atom. The van der Waals surface area contributed by atoms with Crippen LogP contribution in [0.3, 0.4) is 0 Å². The van der Waals surface area contributed by atoms with Gasteiger partial charge in [-0.05, 0) is 42.8 Å². The summed E-state index contributed by atoms with van der Waals surface area (Å²) in [4.78, 5) is 13.0. The molecule has 4 rings (SSSR count). The fourth-order valence-corrected chi connectivity index (χ4v) is 3.61. The van der Waals surface area contributed by atoms with E-state index in [0.717, 1.165) is 32.4 Å². The van der Waals surface area contributed by atoms with Gasteiger partial charge in [-0.3, -0.25) is 4.79 Å². The number of aryl methyl sites for hydroxylation is 1. The number of carbonyl (C=O) groups is 1. The predicted octanol–water partition coefficient (Wildman–Crippen LogP) is 5.44. The number of benzene rings is 2. The van der Waals surface area contributed by atoms with Gasteiger partial charge in [-0.1, -0.05) is 52.3 Å². The van der Waals surface area contributed by atoms with Crippen molar-refractivity contribution in [2.75, 3.05) is 0 Å². The maximum Gasteiger partial charge on any atom is 0.191 e. The molecule has 0 radical (unpaired) electrons. The van der Waals surface area contributed by atoms with Crippen LogP contribution in [0.2, 0.25) is 0 Å². The average Bonchev–Trinajstić information content (AvgIpc) is 3.16. The number of fused-ring (bicyclic) bond motifs is 3. The molecule has 0 atom stereocenters. The Kier molecular flexibility index (Phi) is 4.54. The zero-order valence-corrected chi connectivity index (χ0v) is 16.5. The van der Waals surface area contributed by atoms with Crippen LogP contribution in [0.15, 0.2) is 71.7 Å². The molecule has 0 aliphatic rings. The Labute approximate surface area is 165 Å². The molecule has 2 aromatic heterocycles. The molecule has 0 saturated carbocycles. The van der Waals surface area contributed by atoms with Crippen LogP contribution in [0, 0.1) is 6.92 Å². The third-order valence-electron chi connectivity index (χ3n) is 4.55. The van der Waals surface area contributed by atoms with Gasteiger partial charge in [-0.2, -0.15) is 5.10 Å². The molecule has 0 unspecified atom stereocenters. The molecule has 5 heteroatoms. The van der Waals surface area contributed by atoms with Crippen LogP contribution in [-0.4, -0.2) is 20.0 Å². The van der Waals surface area contributed by atoms with Crippen LogP contribution in [0.1, 0.15) is 21.6 Å². The van der Waals surface area contributed by atoms with Crippen molar-refractivity contribution in [2.24, 2.45) is 0 Å². The van der Waals surface area contributed by atoms with Gasteiger partial charge in [0.2, 0.25) is 0 Å². The van der Waals surface area contributed by atoms with E-state index in [2.05, 4.69) is 32.2 Å². The molecule has 0 fully saturated rings. The normalized spacial score (nSPS) is 11.6. The highest BCUT2D eigenvalue weighted by Crippen LogP contribution is 2.26. The summed E-state index contributed by atoms with van der Waals surface area (Å²) in [7, 11) is 0. The highest BCUT2D eigenvalue weighted by molar-refractivity contribution is 9.10. The average molecular weight is 420 g/mol. The molecule has 0 aliphatic carbocycles. The Morgan fingerprint density at radius 2 is 1.85 bits per heavy atom. The quantitative estimate of drug-likeness (QED) is 0.245. The van der Waals surface area contributed by atoms with Crippen molar-refractivity contribution in [2.45, 2.75) is 13.5 Å². The molecule has 134 valence electrons. The molecule has 0 N–H and O–H groups in total. The summed E-state index contributed by atoms with van der Waals surface area (Å²) >= 11 is 3.42. The summed E-state index contributed by atoms with van der Waals surface area (Å²) in [6, 6.07) is 15.8. The second-order valence-corrected chi connectivity index (χ2v) is 7.25. The minimum atomic E-state index is -0.0569. The van der Waals surface area contributed by atoms with E-state index in [1.807, 2.05) is 72.1 Å². The van der Waals surface area contributed by atoms with Gasteiger partial charge in [-0.25, -0.2) is 4.52 Å². The van der Waals surface area contributed by atoms with Crippen LogP contribution < -0.4 is 0 Å². The Bertz CT molecular complexity index is 1200. The molecular weight excluding hydrogens is 402 g/mol. The smallest absolute Gasteiger partial charge is 0.191 e. The first-order chi connectivity index (χ1) is 13.1. The third kappa shape index (κ3) is 3.04. The molecular formula is C22H18BrN3O. The Balaban J connectivity index is 1.85. The number of aromatic nitrogens is 3. The van der Waals surface area contributed by atoms with E-state index >= 15 is 0 Å². The number of imidazole rings is 1. The van der Waals surface area contributed by atoms with Crippen LogP contribution in [0.25, 0.3) is 22.8 Å². The monoisotopic (exact) mass is 419 g/mol. The number of halogens is 1. The SMILES string of the molecule is C=CCn1c2ccccc2n2nc(C)c(C(=O)C=Cc3ccc(Br)cc3)c12. The number of allylic oxidation sites excluding steroid dienone is 2. The van der Waals surface area contributed by atoms with Crippen molar-refractivity contribution in [1.29, 1.82) is 0 Å². The number of nitrogens with zero attached hydrogens (tertiary/aromatic N) is 3. The molecule has 0 amide bonds. The zero-order chi connectivity index (χ0) is 19.0. The number of hydrogen-bond acceptors (Lipinski definition) is 2. The summed E-state index contributed by atoms with van der Waals surface area (Å²) < 4.78 is 4.95. The van der Waals surface area contributed by atoms with Gasteiger partial charge in [0.15, 0.2) is 5.78 Å². The van der Waals surface area contributed by atoms with Crippen molar-refractivity contribution in [3.8, 4) is 0 Å². The number of ketones is 1. The first-order valence-corrected chi connectivity index (χ1v) is 9.45. The molecule has 2 heterocycles. The molecule has 0 aliphatic heterocycles. The molecule has 4 aromatic rings. The summed E-state index contributed by atoms with van der Waals surface area (Å²) in [6.07, 6.45) is 5.28. The first kappa shape index (κ1) is 17.5. The van der Waals surface area contributed by atoms with E-state index in [1.54, 1.807) is 6.08 Å². The summed E-state index contributed by atoms with van der Waals surface area (Å²) in [5, 5.41) is 4.63.